The van der Waals surface area contributed by atoms with Gasteiger partial charge in [-0.3, -0.25) is 14.9 Å². The molecular formula is C26H26BrN3O3S. The first-order valence-corrected chi connectivity index (χ1v) is 12.0. The van der Waals surface area contributed by atoms with Gasteiger partial charge in [-0.2, -0.15) is 0 Å². The number of carbonyl (C=O) groups is 2. The van der Waals surface area contributed by atoms with E-state index in [1.54, 1.807) is 42.5 Å². The van der Waals surface area contributed by atoms with Gasteiger partial charge in [0.25, 0.3) is 11.8 Å². The number of halogens is 1. The molecule has 0 aliphatic carbocycles. The molecule has 0 aromatic heterocycles. The van der Waals surface area contributed by atoms with Crippen molar-refractivity contribution in [2.75, 3.05) is 11.9 Å². The Kier molecular flexibility index (Phi) is 9.18. The van der Waals surface area contributed by atoms with Gasteiger partial charge in [-0.1, -0.05) is 30.3 Å². The Balaban J connectivity index is 1.51. The minimum Gasteiger partial charge on any atom is -0.492 e. The molecule has 0 saturated heterocycles. The number of carbonyl (C=O) groups excluding carboxylic acids is 2. The van der Waals surface area contributed by atoms with Gasteiger partial charge in [-0.25, -0.2) is 0 Å². The van der Waals surface area contributed by atoms with Gasteiger partial charge in [0, 0.05) is 29.3 Å². The molecule has 3 aromatic rings. The zero-order valence-electron chi connectivity index (χ0n) is 18.9. The zero-order valence-corrected chi connectivity index (χ0v) is 21.3. The fraction of sp³-hybridized carbons (Fsp3) is 0.192. The Morgan fingerprint density at radius 2 is 1.62 bits per heavy atom. The summed E-state index contributed by atoms with van der Waals surface area (Å²) in [5.74, 6) is 0.173. The van der Waals surface area contributed by atoms with E-state index < -0.39 is 0 Å². The van der Waals surface area contributed by atoms with Gasteiger partial charge in [-0.15, -0.1) is 0 Å². The average Bonchev–Trinajstić information content (AvgIpc) is 2.80. The van der Waals surface area contributed by atoms with E-state index in [1.165, 1.54) is 5.56 Å². The number of benzene rings is 3. The standard InChI is InChI=1S/C26H26BrN3O3S/c1-17(2)28-24(31)19-8-11-21(12-9-19)29-26(34)30-25(32)20-10-13-23(22(27)16-20)33-15-14-18-6-4-3-5-7-18/h3-13,16-17H,14-15H2,1-2H3,(H,28,31)(H2,29,30,32,34). The number of ether oxygens (including phenoxy) is 1. The quantitative estimate of drug-likeness (QED) is 0.337. The van der Waals surface area contributed by atoms with Crippen molar-refractivity contribution in [3.8, 4) is 5.75 Å². The zero-order chi connectivity index (χ0) is 24.5. The van der Waals surface area contributed by atoms with E-state index in [4.69, 9.17) is 17.0 Å². The molecule has 6 nitrogen and oxygen atoms in total. The van der Waals surface area contributed by atoms with Gasteiger partial charge in [0.05, 0.1) is 11.1 Å². The molecule has 0 radical (unpaired) electrons. The Hall–Kier alpha value is -3.23. The van der Waals surface area contributed by atoms with E-state index >= 15 is 0 Å². The summed E-state index contributed by atoms with van der Waals surface area (Å²) in [6.07, 6.45) is 0.791. The number of nitrogens with one attached hydrogen (secondary N) is 3. The minimum absolute atomic E-state index is 0.0584. The molecule has 176 valence electrons. The minimum atomic E-state index is -0.345. The van der Waals surface area contributed by atoms with Crippen LogP contribution in [0.25, 0.3) is 0 Å². The van der Waals surface area contributed by atoms with Gasteiger partial charge in [0.2, 0.25) is 0 Å². The lowest BCUT2D eigenvalue weighted by atomic mass is 10.2. The molecule has 0 saturated carbocycles. The highest BCUT2D eigenvalue weighted by Crippen LogP contribution is 2.26. The summed E-state index contributed by atoms with van der Waals surface area (Å²) >= 11 is 8.73. The van der Waals surface area contributed by atoms with Crippen molar-refractivity contribution < 1.29 is 14.3 Å². The summed E-state index contributed by atoms with van der Waals surface area (Å²) in [7, 11) is 0. The molecule has 3 aromatic carbocycles. The van der Waals surface area contributed by atoms with Crippen LogP contribution >= 0.6 is 28.1 Å². The van der Waals surface area contributed by atoms with E-state index in [0.29, 0.717) is 33.6 Å². The van der Waals surface area contributed by atoms with Gasteiger partial charge < -0.3 is 15.4 Å². The lowest BCUT2D eigenvalue weighted by Crippen LogP contribution is -2.34. The molecule has 3 rings (SSSR count). The van der Waals surface area contributed by atoms with Gasteiger partial charge >= 0.3 is 0 Å². The fourth-order valence-corrected chi connectivity index (χ4v) is 3.77. The summed E-state index contributed by atoms with van der Waals surface area (Å²) in [5, 5.41) is 8.60. The highest BCUT2D eigenvalue weighted by molar-refractivity contribution is 9.10. The summed E-state index contributed by atoms with van der Waals surface area (Å²) in [4.78, 5) is 24.6. The smallest absolute Gasteiger partial charge is 0.257 e. The molecular weight excluding hydrogens is 514 g/mol. The lowest BCUT2D eigenvalue weighted by Gasteiger charge is -2.12. The first-order chi connectivity index (χ1) is 16.3. The van der Waals surface area contributed by atoms with Crippen molar-refractivity contribution in [2.24, 2.45) is 0 Å². The number of hydrogen-bond donors (Lipinski definition) is 3. The van der Waals surface area contributed by atoms with Crippen LogP contribution in [-0.4, -0.2) is 29.6 Å². The molecule has 34 heavy (non-hydrogen) atoms. The molecule has 8 heteroatoms. The molecule has 0 bridgehead atoms. The van der Waals surface area contributed by atoms with Gasteiger partial charge in [0.15, 0.2) is 5.11 Å². The Labute approximate surface area is 213 Å². The van der Waals surface area contributed by atoms with Crippen LogP contribution in [0.15, 0.2) is 77.3 Å². The van der Waals surface area contributed by atoms with E-state index in [1.807, 2.05) is 32.0 Å². The number of amides is 2. The largest absolute Gasteiger partial charge is 0.492 e. The second-order valence-electron chi connectivity index (χ2n) is 7.84. The van der Waals surface area contributed by atoms with Crippen LogP contribution in [0.5, 0.6) is 5.75 Å². The maximum absolute atomic E-state index is 12.6. The van der Waals surface area contributed by atoms with Crippen LogP contribution in [0.3, 0.4) is 0 Å². The van der Waals surface area contributed by atoms with Crippen molar-refractivity contribution in [3.05, 3.63) is 94.0 Å². The predicted molar refractivity (Wildman–Crippen MR) is 143 cm³/mol. The molecule has 3 N–H and O–H groups in total. The molecule has 0 spiro atoms. The summed E-state index contributed by atoms with van der Waals surface area (Å²) in [5.41, 5.74) is 2.84. The number of rotatable bonds is 8. The Morgan fingerprint density at radius 1 is 0.941 bits per heavy atom. The van der Waals surface area contributed by atoms with E-state index in [9.17, 15) is 9.59 Å². The van der Waals surface area contributed by atoms with E-state index in [-0.39, 0.29) is 23.0 Å². The molecule has 0 heterocycles. The molecule has 0 fully saturated rings. The summed E-state index contributed by atoms with van der Waals surface area (Å²) in [6, 6.07) is 22.1. The normalized spacial score (nSPS) is 10.5. The molecule has 0 aliphatic heterocycles. The average molecular weight is 540 g/mol. The van der Waals surface area contributed by atoms with E-state index in [0.717, 1.165) is 6.42 Å². The highest BCUT2D eigenvalue weighted by Gasteiger charge is 2.12. The van der Waals surface area contributed by atoms with Gasteiger partial charge in [-0.05, 0) is 90.0 Å². The fourth-order valence-electron chi connectivity index (χ4n) is 3.07. The van der Waals surface area contributed by atoms with E-state index in [2.05, 4.69) is 44.0 Å². The predicted octanol–water partition coefficient (Wildman–Crippen LogP) is 5.34. The van der Waals surface area contributed by atoms with Crippen LogP contribution in [-0.2, 0) is 6.42 Å². The van der Waals surface area contributed by atoms with Gasteiger partial charge in [0.1, 0.15) is 5.75 Å². The third-order valence-corrected chi connectivity index (χ3v) is 5.56. The second-order valence-corrected chi connectivity index (χ2v) is 9.11. The Bertz CT molecular complexity index is 1150. The highest BCUT2D eigenvalue weighted by atomic mass is 79.9. The molecule has 0 aliphatic rings. The molecule has 0 unspecified atom stereocenters. The number of thiocarbonyl (C=S) groups is 1. The first-order valence-electron chi connectivity index (χ1n) is 10.8. The topological polar surface area (TPSA) is 79.5 Å². The molecule has 0 atom stereocenters. The third kappa shape index (κ3) is 7.67. The molecule has 2 amide bonds. The number of anilines is 1. The number of hydrogen-bond acceptors (Lipinski definition) is 4. The first kappa shape index (κ1) is 25.4. The van der Waals surface area contributed by atoms with Crippen molar-refractivity contribution in [3.63, 3.8) is 0 Å². The Morgan fingerprint density at radius 3 is 2.26 bits per heavy atom. The van der Waals surface area contributed by atoms with Crippen molar-refractivity contribution in [1.82, 2.24) is 10.6 Å². The SMILES string of the molecule is CC(C)NC(=O)c1ccc(NC(=S)NC(=O)c2ccc(OCCc3ccccc3)c(Br)c2)cc1. The van der Waals surface area contributed by atoms with Crippen LogP contribution < -0.4 is 20.7 Å². The summed E-state index contributed by atoms with van der Waals surface area (Å²) in [6.45, 7) is 4.33. The maximum atomic E-state index is 12.6. The van der Waals surface area contributed by atoms with Crippen molar-refractivity contribution in [1.29, 1.82) is 0 Å². The van der Waals surface area contributed by atoms with Crippen molar-refractivity contribution >= 4 is 50.8 Å². The second kappa shape index (κ2) is 12.3. The van der Waals surface area contributed by atoms with Crippen LogP contribution in [0.1, 0.15) is 40.1 Å². The third-order valence-electron chi connectivity index (χ3n) is 4.74. The van der Waals surface area contributed by atoms with Crippen molar-refractivity contribution in [2.45, 2.75) is 26.3 Å². The van der Waals surface area contributed by atoms with Crippen LogP contribution in [0, 0.1) is 0 Å². The van der Waals surface area contributed by atoms with Crippen LogP contribution in [0.2, 0.25) is 0 Å². The lowest BCUT2D eigenvalue weighted by molar-refractivity contribution is 0.0941. The summed E-state index contributed by atoms with van der Waals surface area (Å²) < 4.78 is 6.52. The monoisotopic (exact) mass is 539 g/mol. The van der Waals surface area contributed by atoms with Crippen LogP contribution in [0.4, 0.5) is 5.69 Å². The maximum Gasteiger partial charge on any atom is 0.257 e.